The Labute approximate surface area is 89.0 Å². The van der Waals surface area contributed by atoms with Crippen LogP contribution in [-0.2, 0) is 0 Å². The molecule has 0 amide bonds. The Morgan fingerprint density at radius 2 is 2.15 bits per heavy atom. The van der Waals surface area contributed by atoms with E-state index in [-0.39, 0.29) is 10.8 Å². The molecule has 0 aliphatic rings. The normalized spacial score (nSPS) is 9.77. The quantitative estimate of drug-likeness (QED) is 0.605. The van der Waals surface area contributed by atoms with E-state index >= 15 is 0 Å². The maximum atomic E-state index is 11.0. The Morgan fingerprint density at radius 3 is 2.62 bits per heavy atom. The smallest absolute Gasteiger partial charge is 0.161 e. The van der Waals surface area contributed by atoms with Gasteiger partial charge in [0, 0.05) is 15.6 Å². The Kier molecular flexibility index (Phi) is 3.22. The first-order valence-corrected chi connectivity index (χ1v) is 4.69. The summed E-state index contributed by atoms with van der Waals surface area (Å²) in [7, 11) is 0. The van der Waals surface area contributed by atoms with E-state index in [1.165, 1.54) is 6.92 Å². The number of carbonyl (C=O) groups excluding carboxylic acids is 2. The van der Waals surface area contributed by atoms with Gasteiger partial charge in [-0.3, -0.25) is 9.59 Å². The molecule has 2 nitrogen and oxygen atoms in total. The van der Waals surface area contributed by atoms with E-state index in [0.29, 0.717) is 21.9 Å². The zero-order chi connectivity index (χ0) is 10.0. The van der Waals surface area contributed by atoms with Crippen LogP contribution in [0.5, 0.6) is 0 Å². The van der Waals surface area contributed by atoms with Gasteiger partial charge >= 0.3 is 0 Å². The Balaban J connectivity index is 3.44. The second-order valence-corrected chi connectivity index (χ2v) is 3.73. The molecule has 0 spiro atoms. The van der Waals surface area contributed by atoms with Crippen molar-refractivity contribution in [2.24, 2.45) is 0 Å². The third kappa shape index (κ3) is 1.98. The fourth-order valence-electron chi connectivity index (χ4n) is 0.949. The van der Waals surface area contributed by atoms with E-state index in [1.54, 1.807) is 12.1 Å². The summed E-state index contributed by atoms with van der Waals surface area (Å²) >= 11 is 8.99. The third-order valence-corrected chi connectivity index (χ3v) is 2.72. The molecule has 0 fully saturated rings. The highest BCUT2D eigenvalue weighted by molar-refractivity contribution is 9.10. The van der Waals surface area contributed by atoms with Crippen molar-refractivity contribution in [1.82, 2.24) is 0 Å². The van der Waals surface area contributed by atoms with Crippen molar-refractivity contribution in [1.29, 1.82) is 0 Å². The number of halogens is 2. The van der Waals surface area contributed by atoms with Crippen LogP contribution in [-0.4, -0.2) is 12.1 Å². The molecule has 1 rings (SSSR count). The van der Waals surface area contributed by atoms with E-state index in [1.807, 2.05) is 0 Å². The molecular weight excluding hydrogens is 255 g/mol. The Hall–Kier alpha value is -0.670. The van der Waals surface area contributed by atoms with Gasteiger partial charge in [-0.05, 0) is 19.1 Å². The third-order valence-electron chi connectivity index (χ3n) is 1.62. The van der Waals surface area contributed by atoms with E-state index < -0.39 is 0 Å². The van der Waals surface area contributed by atoms with Crippen LogP contribution in [0.2, 0.25) is 5.02 Å². The Bertz CT molecular complexity index is 374. The number of benzene rings is 1. The number of hydrogen-bond donors (Lipinski definition) is 0. The second kappa shape index (κ2) is 4.03. The van der Waals surface area contributed by atoms with Gasteiger partial charge in [0.05, 0.1) is 5.02 Å². The highest BCUT2D eigenvalue weighted by atomic mass is 79.9. The largest absolute Gasteiger partial charge is 0.298 e. The molecule has 0 bridgehead atoms. The summed E-state index contributed by atoms with van der Waals surface area (Å²) in [5.41, 5.74) is 0.682. The minimum absolute atomic E-state index is 0.152. The van der Waals surface area contributed by atoms with Crippen LogP contribution < -0.4 is 0 Å². The standard InChI is InChI=1S/C9H6BrClO2/c1-5(13)6-2-3-8(10)7(4-12)9(6)11/h2-4H,1H3. The van der Waals surface area contributed by atoms with Gasteiger partial charge in [-0.15, -0.1) is 0 Å². The average molecular weight is 262 g/mol. The lowest BCUT2D eigenvalue weighted by atomic mass is 10.1. The summed E-state index contributed by atoms with van der Waals surface area (Å²) in [5.74, 6) is -0.152. The summed E-state index contributed by atoms with van der Waals surface area (Å²) in [6.07, 6.45) is 0.624. The lowest BCUT2D eigenvalue weighted by Crippen LogP contribution is -1.97. The maximum Gasteiger partial charge on any atom is 0.161 e. The molecule has 0 saturated carbocycles. The van der Waals surface area contributed by atoms with E-state index in [4.69, 9.17) is 11.6 Å². The minimum atomic E-state index is -0.152. The van der Waals surface area contributed by atoms with Crippen LogP contribution in [0, 0.1) is 0 Å². The van der Waals surface area contributed by atoms with Crippen molar-refractivity contribution in [2.45, 2.75) is 6.92 Å². The van der Waals surface area contributed by atoms with Gasteiger partial charge in [0.15, 0.2) is 12.1 Å². The molecule has 0 N–H and O–H groups in total. The molecule has 0 heterocycles. The van der Waals surface area contributed by atoms with Gasteiger partial charge < -0.3 is 0 Å². The van der Waals surface area contributed by atoms with E-state index in [9.17, 15) is 9.59 Å². The monoisotopic (exact) mass is 260 g/mol. The molecule has 0 aromatic heterocycles. The molecule has 13 heavy (non-hydrogen) atoms. The molecule has 0 radical (unpaired) electrons. The van der Waals surface area contributed by atoms with Crippen molar-refractivity contribution in [3.05, 3.63) is 32.8 Å². The number of Topliss-reactive ketones (excluding diaryl/α,β-unsaturated/α-hetero) is 1. The highest BCUT2D eigenvalue weighted by Crippen LogP contribution is 2.27. The number of carbonyl (C=O) groups is 2. The van der Waals surface area contributed by atoms with Crippen molar-refractivity contribution in [2.75, 3.05) is 0 Å². The van der Waals surface area contributed by atoms with Crippen LogP contribution >= 0.6 is 27.5 Å². The van der Waals surface area contributed by atoms with Crippen LogP contribution in [0.3, 0.4) is 0 Å². The number of rotatable bonds is 2. The summed E-state index contributed by atoms with van der Waals surface area (Å²) < 4.78 is 0.595. The molecule has 0 atom stereocenters. The van der Waals surface area contributed by atoms with Crippen molar-refractivity contribution < 1.29 is 9.59 Å². The summed E-state index contributed by atoms with van der Waals surface area (Å²) in [6.45, 7) is 1.41. The van der Waals surface area contributed by atoms with E-state index in [2.05, 4.69) is 15.9 Å². The molecule has 4 heteroatoms. The first-order valence-electron chi connectivity index (χ1n) is 3.52. The van der Waals surface area contributed by atoms with Gasteiger partial charge in [-0.1, -0.05) is 27.5 Å². The van der Waals surface area contributed by atoms with E-state index in [0.717, 1.165) is 0 Å². The molecule has 1 aromatic rings. The van der Waals surface area contributed by atoms with Gasteiger partial charge in [0.2, 0.25) is 0 Å². The fraction of sp³-hybridized carbons (Fsp3) is 0.111. The van der Waals surface area contributed by atoms with Gasteiger partial charge in [-0.2, -0.15) is 0 Å². The minimum Gasteiger partial charge on any atom is -0.298 e. The SMILES string of the molecule is CC(=O)c1ccc(Br)c(C=O)c1Cl. The van der Waals surface area contributed by atoms with Gasteiger partial charge in [-0.25, -0.2) is 0 Å². The van der Waals surface area contributed by atoms with Gasteiger partial charge in [0.25, 0.3) is 0 Å². The van der Waals surface area contributed by atoms with Crippen LogP contribution in [0.15, 0.2) is 16.6 Å². The Morgan fingerprint density at radius 1 is 1.54 bits per heavy atom. The number of ketones is 1. The van der Waals surface area contributed by atoms with Gasteiger partial charge in [0.1, 0.15) is 0 Å². The summed E-state index contributed by atoms with van der Waals surface area (Å²) in [4.78, 5) is 21.6. The van der Waals surface area contributed by atoms with Crippen molar-refractivity contribution >= 4 is 39.6 Å². The summed E-state index contributed by atoms with van der Waals surface area (Å²) in [5, 5.41) is 0.205. The first-order chi connectivity index (χ1) is 6.07. The van der Waals surface area contributed by atoms with Crippen LogP contribution in [0.25, 0.3) is 0 Å². The molecular formula is C9H6BrClO2. The lowest BCUT2D eigenvalue weighted by Gasteiger charge is -2.03. The predicted molar refractivity (Wildman–Crippen MR) is 54.5 cm³/mol. The zero-order valence-electron chi connectivity index (χ0n) is 6.80. The molecule has 68 valence electrons. The van der Waals surface area contributed by atoms with Crippen LogP contribution in [0.4, 0.5) is 0 Å². The van der Waals surface area contributed by atoms with Crippen LogP contribution in [0.1, 0.15) is 27.6 Å². The first kappa shape index (κ1) is 10.4. The topological polar surface area (TPSA) is 34.1 Å². The van der Waals surface area contributed by atoms with Crippen molar-refractivity contribution in [3.63, 3.8) is 0 Å². The second-order valence-electron chi connectivity index (χ2n) is 2.50. The molecule has 0 aliphatic carbocycles. The highest BCUT2D eigenvalue weighted by Gasteiger charge is 2.11. The lowest BCUT2D eigenvalue weighted by molar-refractivity contribution is 0.101. The maximum absolute atomic E-state index is 11.0. The van der Waals surface area contributed by atoms with Crippen molar-refractivity contribution in [3.8, 4) is 0 Å². The number of hydrogen-bond acceptors (Lipinski definition) is 2. The molecule has 0 aliphatic heterocycles. The average Bonchev–Trinajstić information content (AvgIpc) is 2.04. The predicted octanol–water partition coefficient (Wildman–Crippen LogP) is 3.12. The number of aldehydes is 1. The molecule has 0 saturated heterocycles. The fourth-order valence-corrected chi connectivity index (χ4v) is 1.83. The molecule has 0 unspecified atom stereocenters. The summed E-state index contributed by atoms with van der Waals surface area (Å²) in [6, 6.07) is 3.22. The molecule has 1 aromatic carbocycles. The zero-order valence-corrected chi connectivity index (χ0v) is 9.15.